The Bertz CT molecular complexity index is 1900. The first-order valence-electron chi connectivity index (χ1n) is 17.7. The summed E-state index contributed by atoms with van der Waals surface area (Å²) in [6, 6.07) is 24.2. The van der Waals surface area contributed by atoms with Gasteiger partial charge in [-0.05, 0) is 41.4 Å². The van der Waals surface area contributed by atoms with Crippen molar-refractivity contribution in [3.8, 4) is 11.8 Å². The molecule has 1 atom stereocenters. The largest absolute Gasteiger partial charge is 0.496 e. The predicted molar refractivity (Wildman–Crippen MR) is 206 cm³/mol. The van der Waals surface area contributed by atoms with E-state index in [0.29, 0.717) is 47.7 Å². The molecule has 3 N–H and O–H groups in total. The maximum absolute atomic E-state index is 14.8. The average molecular weight is 728 g/mol. The summed E-state index contributed by atoms with van der Waals surface area (Å²) in [5.74, 6) is 0.506. The van der Waals surface area contributed by atoms with Gasteiger partial charge in [0.1, 0.15) is 22.6 Å². The van der Waals surface area contributed by atoms with Crippen LogP contribution in [0.25, 0.3) is 11.0 Å². The number of methoxy groups -OCH3 is 1. The number of nitrogens with one attached hydrogen (secondary N) is 3. The first-order chi connectivity index (χ1) is 25.0. The monoisotopic (exact) mass is 727 g/mol. The highest BCUT2D eigenvalue weighted by atomic mass is 28.4. The van der Waals surface area contributed by atoms with Crippen molar-refractivity contribution in [2.75, 3.05) is 33.1 Å². The van der Waals surface area contributed by atoms with Gasteiger partial charge in [0.05, 0.1) is 19.9 Å². The molecule has 0 unspecified atom stereocenters. The number of hydrogen-bond donors (Lipinski definition) is 3. The topological polar surface area (TPSA) is 124 Å². The van der Waals surface area contributed by atoms with Gasteiger partial charge in [-0.3, -0.25) is 4.68 Å². The van der Waals surface area contributed by atoms with Gasteiger partial charge in [0.15, 0.2) is 5.82 Å². The third-order valence-corrected chi connectivity index (χ3v) is 14.2. The van der Waals surface area contributed by atoms with E-state index in [9.17, 15) is 9.18 Å². The number of ether oxygens (including phenoxy) is 2. The lowest BCUT2D eigenvalue weighted by atomic mass is 10.1. The fourth-order valence-electron chi connectivity index (χ4n) is 6.78. The summed E-state index contributed by atoms with van der Waals surface area (Å²) in [4.78, 5) is 21.4. The van der Waals surface area contributed by atoms with Crippen molar-refractivity contribution in [3.05, 3.63) is 95.9 Å². The van der Waals surface area contributed by atoms with Gasteiger partial charge in [-0.1, -0.05) is 94.8 Å². The van der Waals surface area contributed by atoms with Gasteiger partial charge in [0.25, 0.3) is 8.32 Å². The summed E-state index contributed by atoms with van der Waals surface area (Å²) >= 11 is 0. The Hall–Kier alpha value is -4.85. The third kappa shape index (κ3) is 8.43. The zero-order valence-electron chi connectivity index (χ0n) is 31.1. The van der Waals surface area contributed by atoms with Gasteiger partial charge in [-0.25, -0.2) is 9.18 Å². The summed E-state index contributed by atoms with van der Waals surface area (Å²) in [6.07, 6.45) is 3.34. The molecule has 0 fully saturated rings. The molecule has 3 aromatic carbocycles. The minimum atomic E-state index is -2.75. The predicted octanol–water partition coefficient (Wildman–Crippen LogP) is 6.01. The van der Waals surface area contributed by atoms with Crippen molar-refractivity contribution < 1.29 is 23.1 Å². The molecule has 0 aliphatic rings. The third-order valence-electron chi connectivity index (χ3n) is 9.17. The van der Waals surface area contributed by atoms with Crippen LogP contribution >= 0.6 is 0 Å². The van der Waals surface area contributed by atoms with Gasteiger partial charge >= 0.3 is 12.1 Å². The molecule has 0 saturated carbocycles. The molecule has 5 aromatic rings. The number of fused-ring (bicyclic) bond motifs is 1. The lowest BCUT2D eigenvalue weighted by molar-refractivity contribution is 0.199. The first-order valence-corrected chi connectivity index (χ1v) is 19.6. The summed E-state index contributed by atoms with van der Waals surface area (Å²) in [7, 11) is 2.01. The second-order valence-corrected chi connectivity index (χ2v) is 18.1. The van der Waals surface area contributed by atoms with Crippen LogP contribution in [0.2, 0.25) is 5.04 Å². The number of nitrogens with zero attached hydrogens (tertiary/aromatic N) is 4. The lowest BCUT2D eigenvalue weighted by Crippen LogP contribution is -2.66. The highest BCUT2D eigenvalue weighted by Crippen LogP contribution is 2.37. The van der Waals surface area contributed by atoms with Crippen LogP contribution in [-0.4, -0.2) is 68.0 Å². The Balaban J connectivity index is 1.50. The number of anilines is 1. The van der Waals surface area contributed by atoms with Crippen molar-refractivity contribution in [2.24, 2.45) is 0 Å². The molecule has 0 aliphatic carbocycles. The number of carbonyl (C=O) groups excluding carboxylic acids is 1. The zero-order chi connectivity index (χ0) is 37.3. The van der Waals surface area contributed by atoms with Crippen LogP contribution in [0.3, 0.4) is 0 Å². The lowest BCUT2D eigenvalue weighted by Gasteiger charge is -2.43. The summed E-state index contributed by atoms with van der Waals surface area (Å²) in [5.41, 5.74) is 2.33. The maximum atomic E-state index is 14.8. The van der Waals surface area contributed by atoms with E-state index in [2.05, 4.69) is 107 Å². The fraction of sp³-hybridized carbons (Fsp3) is 0.385. The van der Waals surface area contributed by atoms with E-state index >= 15 is 0 Å². The number of amides is 1. The van der Waals surface area contributed by atoms with E-state index < -0.39 is 14.4 Å². The Morgan fingerprint density at radius 3 is 2.21 bits per heavy atom. The number of rotatable bonds is 16. The van der Waals surface area contributed by atoms with Crippen LogP contribution in [0.4, 0.5) is 15.0 Å². The van der Waals surface area contributed by atoms with Crippen molar-refractivity contribution in [1.29, 1.82) is 0 Å². The molecular weight excluding hydrogens is 678 g/mol. The van der Waals surface area contributed by atoms with E-state index in [4.69, 9.17) is 13.9 Å². The molecule has 0 saturated heterocycles. The Labute approximate surface area is 306 Å². The minimum Gasteiger partial charge on any atom is -0.496 e. The molecule has 13 heteroatoms. The molecule has 0 aliphatic heterocycles. The van der Waals surface area contributed by atoms with Gasteiger partial charge in [-0.2, -0.15) is 15.1 Å². The molecule has 5 rings (SSSR count). The standard InChI is InChI=1S/C39H50FN7O4Si/c1-8-15-29(20-21-50-52(39(2,3)4,30-16-11-9-12-17-30)31-18-13-10-14-19-31)44-36-35-33(45-37(46-36)51-38(48)42-6)25-43-47(35)26-28-22-27(24-41-5)32(40)23-34(28)49-7/h9-14,16-19,22-23,25,29,41H,8,15,20-21,24,26H2,1-7H3,(H,42,48)(H,44,45,46)/t29-/m0/s1. The summed E-state index contributed by atoms with van der Waals surface area (Å²) < 4.78 is 34.7. The van der Waals surface area contributed by atoms with Gasteiger partial charge in [-0.15, -0.1) is 0 Å². The SMILES string of the molecule is CCC[C@@H](CCO[Si](c1ccccc1)(c1ccccc1)C(C)(C)C)Nc1nc(OC(=O)NC)nc2cnn(Cc3cc(CNC)c(F)cc3OC)c12. The number of halogens is 1. The first kappa shape index (κ1) is 38.4. The van der Waals surface area contributed by atoms with Crippen molar-refractivity contribution >= 4 is 41.6 Å². The second kappa shape index (κ2) is 17.1. The minimum absolute atomic E-state index is 0.0555. The Kier molecular flexibility index (Phi) is 12.6. The quantitative estimate of drug-likeness (QED) is 0.105. The summed E-state index contributed by atoms with van der Waals surface area (Å²) in [5, 5.41) is 16.0. The van der Waals surface area contributed by atoms with Crippen LogP contribution in [0.5, 0.6) is 11.8 Å². The Morgan fingerprint density at radius 2 is 1.63 bits per heavy atom. The van der Waals surface area contributed by atoms with Crippen molar-refractivity contribution in [2.45, 2.75) is 71.1 Å². The number of carbonyl (C=O) groups is 1. The van der Waals surface area contributed by atoms with Gasteiger partial charge in [0.2, 0.25) is 0 Å². The highest BCUT2D eigenvalue weighted by molar-refractivity contribution is 6.99. The number of aromatic nitrogens is 4. The molecule has 2 aromatic heterocycles. The number of benzene rings is 3. The van der Waals surface area contributed by atoms with Crippen LogP contribution in [-0.2, 0) is 17.5 Å². The molecule has 0 bridgehead atoms. The van der Waals surface area contributed by atoms with E-state index in [-0.39, 0.29) is 29.5 Å². The molecule has 0 spiro atoms. The smallest absolute Gasteiger partial charge is 0.414 e. The van der Waals surface area contributed by atoms with E-state index in [0.717, 1.165) is 18.4 Å². The second-order valence-electron chi connectivity index (χ2n) is 13.7. The number of hydrogen-bond acceptors (Lipinski definition) is 9. The maximum Gasteiger partial charge on any atom is 0.414 e. The highest BCUT2D eigenvalue weighted by Gasteiger charge is 2.50. The zero-order valence-corrected chi connectivity index (χ0v) is 32.1. The summed E-state index contributed by atoms with van der Waals surface area (Å²) in [6.45, 7) is 10.1. The van der Waals surface area contributed by atoms with Crippen LogP contribution < -0.4 is 35.8 Å². The normalized spacial score (nSPS) is 12.5. The van der Waals surface area contributed by atoms with Crippen LogP contribution in [0.1, 0.15) is 58.1 Å². The van der Waals surface area contributed by atoms with Gasteiger partial charge in [0, 0.05) is 43.4 Å². The fourth-order valence-corrected chi connectivity index (χ4v) is 11.4. The van der Waals surface area contributed by atoms with E-state index in [1.807, 2.05) is 12.1 Å². The van der Waals surface area contributed by atoms with E-state index in [1.165, 1.54) is 30.6 Å². The van der Waals surface area contributed by atoms with Crippen molar-refractivity contribution in [1.82, 2.24) is 30.4 Å². The average Bonchev–Trinajstić information content (AvgIpc) is 3.54. The molecule has 52 heavy (non-hydrogen) atoms. The molecule has 276 valence electrons. The molecule has 11 nitrogen and oxygen atoms in total. The van der Waals surface area contributed by atoms with Crippen LogP contribution in [0.15, 0.2) is 79.0 Å². The van der Waals surface area contributed by atoms with E-state index in [1.54, 1.807) is 24.0 Å². The molecule has 0 radical (unpaired) electrons. The van der Waals surface area contributed by atoms with Crippen LogP contribution in [0, 0.1) is 5.82 Å². The molecule has 1 amide bonds. The molecular formula is C39H50FN7O4Si. The Morgan fingerprint density at radius 1 is 0.962 bits per heavy atom. The van der Waals surface area contributed by atoms with Gasteiger partial charge < -0.3 is 29.9 Å². The van der Waals surface area contributed by atoms with Crippen molar-refractivity contribution in [3.63, 3.8) is 0 Å². The molecule has 2 heterocycles.